The minimum Gasteiger partial charge on any atom is -0.436 e. The van der Waals surface area contributed by atoms with Crippen LogP contribution >= 0.6 is 11.3 Å². The zero-order valence-corrected chi connectivity index (χ0v) is 11.5. The number of nitrogens with zero attached hydrogens (tertiary/aromatic N) is 1. The molecule has 0 aliphatic heterocycles. The van der Waals surface area contributed by atoms with E-state index < -0.39 is 0 Å². The number of amides is 1. The van der Waals surface area contributed by atoms with Crippen molar-refractivity contribution < 1.29 is 9.21 Å². The van der Waals surface area contributed by atoms with Crippen molar-refractivity contribution in [2.45, 2.75) is 25.7 Å². The summed E-state index contributed by atoms with van der Waals surface area (Å²) in [5.41, 5.74) is 7.14. The van der Waals surface area contributed by atoms with Crippen LogP contribution in [-0.2, 0) is 12.8 Å². The standard InChI is InChI=1S/C14H13N3O2S/c15-7-9-8-3-1-2-4-11(8)20-14(9)17-13(18)10-5-6-12(16)19-10/h5-6H,1-4,16H2,(H,17,18). The SMILES string of the molecule is N#Cc1c(NC(=O)c2ccc(N)o2)sc2c1CCCC2. The summed E-state index contributed by atoms with van der Waals surface area (Å²) in [5, 5.41) is 12.7. The number of furan rings is 1. The molecule has 1 aliphatic rings. The molecule has 0 fully saturated rings. The van der Waals surface area contributed by atoms with E-state index in [1.807, 2.05) is 0 Å². The Balaban J connectivity index is 1.89. The lowest BCUT2D eigenvalue weighted by molar-refractivity contribution is 0.0998. The van der Waals surface area contributed by atoms with Crippen LogP contribution in [0.4, 0.5) is 10.9 Å². The van der Waals surface area contributed by atoms with Crippen molar-refractivity contribution >= 4 is 28.1 Å². The molecule has 2 heterocycles. The summed E-state index contributed by atoms with van der Waals surface area (Å²) in [6, 6.07) is 5.25. The van der Waals surface area contributed by atoms with Gasteiger partial charge in [0.2, 0.25) is 0 Å². The smallest absolute Gasteiger partial charge is 0.292 e. The highest BCUT2D eigenvalue weighted by atomic mass is 32.1. The van der Waals surface area contributed by atoms with E-state index >= 15 is 0 Å². The predicted molar refractivity (Wildman–Crippen MR) is 76.7 cm³/mol. The lowest BCUT2D eigenvalue weighted by Gasteiger charge is -2.09. The van der Waals surface area contributed by atoms with E-state index in [1.165, 1.54) is 28.3 Å². The topological polar surface area (TPSA) is 92.0 Å². The monoisotopic (exact) mass is 287 g/mol. The number of fused-ring (bicyclic) bond motifs is 1. The molecule has 5 nitrogen and oxygen atoms in total. The third-order valence-corrected chi connectivity index (χ3v) is 4.57. The minimum absolute atomic E-state index is 0.151. The molecule has 2 aromatic heterocycles. The molecular weight excluding hydrogens is 274 g/mol. The molecule has 102 valence electrons. The molecule has 1 aliphatic carbocycles. The highest BCUT2D eigenvalue weighted by molar-refractivity contribution is 7.16. The van der Waals surface area contributed by atoms with Gasteiger partial charge in [0.05, 0.1) is 5.56 Å². The van der Waals surface area contributed by atoms with Crippen molar-refractivity contribution in [2.75, 3.05) is 11.1 Å². The van der Waals surface area contributed by atoms with Gasteiger partial charge in [-0.25, -0.2) is 0 Å². The number of carbonyl (C=O) groups excluding carboxylic acids is 1. The van der Waals surface area contributed by atoms with E-state index in [0.29, 0.717) is 10.6 Å². The highest BCUT2D eigenvalue weighted by Gasteiger charge is 2.22. The van der Waals surface area contributed by atoms with Crippen LogP contribution in [0.5, 0.6) is 0 Å². The lowest BCUT2D eigenvalue weighted by Crippen LogP contribution is -2.10. The van der Waals surface area contributed by atoms with Gasteiger partial charge < -0.3 is 15.5 Å². The Labute approximate surface area is 120 Å². The van der Waals surface area contributed by atoms with E-state index in [2.05, 4.69) is 11.4 Å². The normalized spacial score (nSPS) is 13.6. The summed E-state index contributed by atoms with van der Waals surface area (Å²) < 4.78 is 5.08. The zero-order chi connectivity index (χ0) is 14.1. The summed E-state index contributed by atoms with van der Waals surface area (Å²) in [4.78, 5) is 13.3. The molecule has 20 heavy (non-hydrogen) atoms. The predicted octanol–water partition coefficient (Wildman–Crippen LogP) is 2.93. The van der Waals surface area contributed by atoms with Crippen LogP contribution in [0.1, 0.15) is 39.4 Å². The molecule has 0 saturated carbocycles. The molecule has 3 N–H and O–H groups in total. The van der Waals surface area contributed by atoms with Crippen molar-refractivity contribution in [3.63, 3.8) is 0 Å². The van der Waals surface area contributed by atoms with Crippen molar-refractivity contribution in [3.8, 4) is 6.07 Å². The number of hydrogen-bond acceptors (Lipinski definition) is 5. The fourth-order valence-electron chi connectivity index (χ4n) is 2.41. The van der Waals surface area contributed by atoms with E-state index in [-0.39, 0.29) is 17.6 Å². The number of anilines is 2. The number of nitrogens with one attached hydrogen (secondary N) is 1. The van der Waals surface area contributed by atoms with Crippen LogP contribution < -0.4 is 11.1 Å². The first kappa shape index (κ1) is 12.8. The fraction of sp³-hybridized carbons (Fsp3) is 0.286. The largest absolute Gasteiger partial charge is 0.436 e. The van der Waals surface area contributed by atoms with Gasteiger partial charge in [-0.1, -0.05) is 0 Å². The number of rotatable bonds is 2. The summed E-state index contributed by atoms with van der Waals surface area (Å²) in [7, 11) is 0. The van der Waals surface area contributed by atoms with E-state index in [0.717, 1.165) is 31.2 Å². The number of thiophene rings is 1. The Morgan fingerprint density at radius 1 is 1.40 bits per heavy atom. The van der Waals surface area contributed by atoms with Gasteiger partial charge in [0.25, 0.3) is 5.91 Å². The molecule has 2 aromatic rings. The second-order valence-corrected chi connectivity index (χ2v) is 5.79. The Hall–Kier alpha value is -2.26. The van der Waals surface area contributed by atoms with Gasteiger partial charge >= 0.3 is 0 Å². The molecule has 0 saturated heterocycles. The minimum atomic E-state index is -0.378. The van der Waals surface area contributed by atoms with Crippen molar-refractivity contribution in [1.82, 2.24) is 0 Å². The van der Waals surface area contributed by atoms with Gasteiger partial charge in [-0.05, 0) is 37.3 Å². The molecule has 0 radical (unpaired) electrons. The summed E-state index contributed by atoms with van der Waals surface area (Å²) >= 11 is 1.49. The van der Waals surface area contributed by atoms with Gasteiger partial charge in [-0.3, -0.25) is 4.79 Å². The van der Waals surface area contributed by atoms with Crippen LogP contribution in [0.15, 0.2) is 16.5 Å². The van der Waals surface area contributed by atoms with Gasteiger partial charge in [-0.2, -0.15) is 5.26 Å². The van der Waals surface area contributed by atoms with Crippen LogP contribution in [0.25, 0.3) is 0 Å². The number of nitrogens with two attached hydrogens (primary N) is 1. The van der Waals surface area contributed by atoms with E-state index in [9.17, 15) is 10.1 Å². The van der Waals surface area contributed by atoms with Gasteiger partial charge in [0.1, 0.15) is 11.1 Å². The number of carbonyl (C=O) groups is 1. The van der Waals surface area contributed by atoms with Crippen LogP contribution in [0.2, 0.25) is 0 Å². The number of aryl methyl sites for hydroxylation is 1. The molecule has 0 unspecified atom stereocenters. The second-order valence-electron chi connectivity index (χ2n) is 4.68. The Morgan fingerprint density at radius 3 is 2.90 bits per heavy atom. The second kappa shape index (κ2) is 5.02. The molecule has 3 rings (SSSR count). The number of nitrogen functional groups attached to an aromatic ring is 1. The van der Waals surface area contributed by atoms with Crippen LogP contribution in [-0.4, -0.2) is 5.91 Å². The molecule has 0 aromatic carbocycles. The Kier molecular flexibility index (Phi) is 3.20. The Bertz CT molecular complexity index is 709. The van der Waals surface area contributed by atoms with E-state index in [4.69, 9.17) is 10.2 Å². The highest BCUT2D eigenvalue weighted by Crippen LogP contribution is 2.37. The molecule has 0 atom stereocenters. The van der Waals surface area contributed by atoms with Gasteiger partial charge in [0, 0.05) is 10.9 Å². The molecule has 0 bridgehead atoms. The van der Waals surface area contributed by atoms with Crippen LogP contribution in [0, 0.1) is 11.3 Å². The van der Waals surface area contributed by atoms with Crippen molar-refractivity contribution in [3.05, 3.63) is 33.9 Å². The average Bonchev–Trinajstić information content (AvgIpc) is 3.01. The average molecular weight is 287 g/mol. The maximum atomic E-state index is 12.0. The third-order valence-electron chi connectivity index (χ3n) is 3.36. The zero-order valence-electron chi connectivity index (χ0n) is 10.7. The third kappa shape index (κ3) is 2.17. The first-order chi connectivity index (χ1) is 9.69. The molecular formula is C14H13N3O2S. The summed E-state index contributed by atoms with van der Waals surface area (Å²) in [5.74, 6) is -0.0318. The van der Waals surface area contributed by atoms with Crippen molar-refractivity contribution in [2.24, 2.45) is 0 Å². The lowest BCUT2D eigenvalue weighted by atomic mass is 9.96. The summed E-state index contributed by atoms with van der Waals surface area (Å²) in [6.07, 6.45) is 4.14. The molecule has 0 spiro atoms. The fourth-order valence-corrected chi connectivity index (χ4v) is 3.65. The molecule has 6 heteroatoms. The quantitative estimate of drug-likeness (QED) is 0.888. The maximum absolute atomic E-state index is 12.0. The van der Waals surface area contributed by atoms with E-state index in [1.54, 1.807) is 0 Å². The first-order valence-electron chi connectivity index (χ1n) is 6.40. The number of nitriles is 1. The summed E-state index contributed by atoms with van der Waals surface area (Å²) in [6.45, 7) is 0. The Morgan fingerprint density at radius 2 is 2.20 bits per heavy atom. The van der Waals surface area contributed by atoms with Gasteiger partial charge in [-0.15, -0.1) is 11.3 Å². The first-order valence-corrected chi connectivity index (χ1v) is 7.22. The van der Waals surface area contributed by atoms with Crippen molar-refractivity contribution in [1.29, 1.82) is 5.26 Å². The number of hydrogen-bond donors (Lipinski definition) is 2. The van der Waals surface area contributed by atoms with Gasteiger partial charge in [0.15, 0.2) is 11.6 Å². The molecule has 1 amide bonds. The maximum Gasteiger partial charge on any atom is 0.292 e. The van der Waals surface area contributed by atoms with Crippen LogP contribution in [0.3, 0.4) is 0 Å².